The average Bonchev–Trinajstić information content (AvgIpc) is 2.29. The number of carbonyl (C=O) groups is 1. The predicted octanol–water partition coefficient (Wildman–Crippen LogP) is 3.42. The number of rotatable bonds is 4. The molecule has 1 atom stereocenters. The lowest BCUT2D eigenvalue weighted by molar-refractivity contribution is -0.117. The van der Waals surface area contributed by atoms with Crippen LogP contribution in [0.25, 0.3) is 10.4 Å². The molecule has 0 bridgehead atoms. The molecule has 0 fully saturated rings. The first-order valence-electron chi connectivity index (χ1n) is 4.74. The molecule has 8 heteroatoms. The van der Waals surface area contributed by atoms with Gasteiger partial charge in [-0.15, -0.1) is 0 Å². The number of azide groups is 1. The Morgan fingerprint density at radius 1 is 1.71 bits per heavy atom. The van der Waals surface area contributed by atoms with E-state index in [2.05, 4.69) is 20.3 Å². The number of hydrogen-bond acceptors (Lipinski definition) is 3. The van der Waals surface area contributed by atoms with Crippen LogP contribution in [0.1, 0.15) is 13.3 Å². The molecule has 1 aromatic heterocycles. The van der Waals surface area contributed by atoms with Crippen molar-refractivity contribution in [2.45, 2.75) is 19.4 Å². The highest BCUT2D eigenvalue weighted by atomic mass is 35.5. The first-order chi connectivity index (χ1) is 8.08. The van der Waals surface area contributed by atoms with E-state index in [1.54, 1.807) is 6.92 Å². The maximum Gasteiger partial charge on any atom is 0.233 e. The smallest absolute Gasteiger partial charge is 0.233 e. The van der Waals surface area contributed by atoms with Crippen molar-refractivity contribution in [2.24, 2.45) is 5.11 Å². The summed E-state index contributed by atoms with van der Waals surface area (Å²) in [5, 5.41) is 6.39. The monoisotopic (exact) mass is 273 g/mol. The van der Waals surface area contributed by atoms with Crippen molar-refractivity contribution in [3.63, 3.8) is 0 Å². The molecule has 0 saturated carbocycles. The van der Waals surface area contributed by atoms with Gasteiger partial charge >= 0.3 is 0 Å². The van der Waals surface area contributed by atoms with Crippen molar-refractivity contribution >= 4 is 34.8 Å². The van der Waals surface area contributed by atoms with Crippen LogP contribution in [0.5, 0.6) is 0 Å². The zero-order valence-corrected chi connectivity index (χ0v) is 10.4. The normalized spacial score (nSPS) is 11.5. The standard InChI is InChI=1S/C9H9Cl2N5O/c1-2-6(15-16-12)9(17)14-7-4-13-8(11)3-5(7)10/h3-4,6H,2H2,1H3,(H,14,17). The third-order valence-corrected chi connectivity index (χ3v) is 2.48. The lowest BCUT2D eigenvalue weighted by Crippen LogP contribution is -2.25. The van der Waals surface area contributed by atoms with Crippen molar-refractivity contribution < 1.29 is 4.79 Å². The summed E-state index contributed by atoms with van der Waals surface area (Å²) in [5.74, 6) is -0.434. The highest BCUT2D eigenvalue weighted by molar-refractivity contribution is 6.36. The molecule has 1 amide bonds. The van der Waals surface area contributed by atoms with E-state index in [1.165, 1.54) is 12.3 Å². The van der Waals surface area contributed by atoms with Gasteiger partial charge in [-0.1, -0.05) is 35.2 Å². The van der Waals surface area contributed by atoms with Gasteiger partial charge in [0, 0.05) is 4.91 Å². The number of halogens is 2. The summed E-state index contributed by atoms with van der Waals surface area (Å²) in [4.78, 5) is 18.1. The van der Waals surface area contributed by atoms with Crippen LogP contribution in [-0.4, -0.2) is 16.9 Å². The first-order valence-corrected chi connectivity index (χ1v) is 5.50. The molecule has 0 aliphatic carbocycles. The Kier molecular flexibility index (Phi) is 5.03. The van der Waals surface area contributed by atoms with Crippen LogP contribution in [0.2, 0.25) is 10.2 Å². The maximum absolute atomic E-state index is 11.7. The van der Waals surface area contributed by atoms with Gasteiger partial charge in [-0.05, 0) is 18.0 Å². The second-order valence-electron chi connectivity index (χ2n) is 3.11. The quantitative estimate of drug-likeness (QED) is 0.394. The number of hydrogen-bond donors (Lipinski definition) is 1. The molecule has 90 valence electrons. The van der Waals surface area contributed by atoms with E-state index in [4.69, 9.17) is 28.7 Å². The summed E-state index contributed by atoms with van der Waals surface area (Å²) in [6, 6.07) is 0.638. The van der Waals surface area contributed by atoms with Crippen molar-refractivity contribution in [3.05, 3.63) is 32.9 Å². The van der Waals surface area contributed by atoms with Gasteiger partial charge in [0.25, 0.3) is 0 Å². The lowest BCUT2D eigenvalue weighted by atomic mass is 10.2. The van der Waals surface area contributed by atoms with Crippen LogP contribution in [-0.2, 0) is 4.79 Å². The van der Waals surface area contributed by atoms with Crippen LogP contribution < -0.4 is 5.32 Å². The molecule has 1 N–H and O–H groups in total. The number of nitrogens with one attached hydrogen (secondary N) is 1. The molecule has 0 aromatic carbocycles. The molecule has 0 radical (unpaired) electrons. The Morgan fingerprint density at radius 2 is 2.41 bits per heavy atom. The molecule has 1 unspecified atom stereocenters. The number of nitrogens with zero attached hydrogens (tertiary/aromatic N) is 4. The van der Waals surface area contributed by atoms with Crippen molar-refractivity contribution in [2.75, 3.05) is 5.32 Å². The molecule has 0 saturated heterocycles. The number of pyridine rings is 1. The molecular formula is C9H9Cl2N5O. The van der Waals surface area contributed by atoms with Crippen LogP contribution >= 0.6 is 23.2 Å². The van der Waals surface area contributed by atoms with Crippen molar-refractivity contribution in [1.29, 1.82) is 0 Å². The lowest BCUT2D eigenvalue weighted by Gasteiger charge is -2.10. The summed E-state index contributed by atoms with van der Waals surface area (Å²) in [6.45, 7) is 1.74. The first kappa shape index (κ1) is 13.6. The summed E-state index contributed by atoms with van der Waals surface area (Å²) in [7, 11) is 0. The van der Waals surface area contributed by atoms with Gasteiger partial charge in [-0.25, -0.2) is 4.98 Å². The van der Waals surface area contributed by atoms with Crippen molar-refractivity contribution in [3.8, 4) is 0 Å². The van der Waals surface area contributed by atoms with Gasteiger partial charge in [0.2, 0.25) is 5.91 Å². The number of amides is 1. The van der Waals surface area contributed by atoms with E-state index in [0.717, 1.165) is 0 Å². The third kappa shape index (κ3) is 3.78. The second-order valence-corrected chi connectivity index (χ2v) is 3.90. The summed E-state index contributed by atoms with van der Waals surface area (Å²) >= 11 is 11.5. The zero-order chi connectivity index (χ0) is 12.8. The summed E-state index contributed by atoms with van der Waals surface area (Å²) < 4.78 is 0. The molecule has 0 spiro atoms. The fraction of sp³-hybridized carbons (Fsp3) is 0.333. The molecule has 1 heterocycles. The van der Waals surface area contributed by atoms with Crippen LogP contribution in [0.4, 0.5) is 5.69 Å². The molecular weight excluding hydrogens is 265 g/mol. The Bertz CT molecular complexity index is 472. The van der Waals surface area contributed by atoms with Crippen LogP contribution in [0.15, 0.2) is 17.4 Å². The summed E-state index contributed by atoms with van der Waals surface area (Å²) in [5.41, 5.74) is 8.62. The SMILES string of the molecule is CCC(N=[N+]=[N-])C(=O)Nc1cnc(Cl)cc1Cl. The largest absolute Gasteiger partial charge is 0.323 e. The van der Waals surface area contributed by atoms with E-state index in [-0.39, 0.29) is 10.2 Å². The predicted molar refractivity (Wildman–Crippen MR) is 66.1 cm³/mol. The number of carbonyl (C=O) groups excluding carboxylic acids is 1. The summed E-state index contributed by atoms with van der Waals surface area (Å²) in [6.07, 6.45) is 1.74. The van der Waals surface area contributed by atoms with Gasteiger partial charge in [-0.2, -0.15) is 0 Å². The van der Waals surface area contributed by atoms with Gasteiger partial charge in [-0.3, -0.25) is 4.79 Å². The van der Waals surface area contributed by atoms with E-state index >= 15 is 0 Å². The Labute approximate surface area is 108 Å². The molecule has 0 aliphatic rings. The Morgan fingerprint density at radius 3 is 2.94 bits per heavy atom. The molecule has 0 aliphatic heterocycles. The fourth-order valence-electron chi connectivity index (χ4n) is 1.10. The highest BCUT2D eigenvalue weighted by Crippen LogP contribution is 2.23. The molecule has 1 rings (SSSR count). The molecule has 17 heavy (non-hydrogen) atoms. The van der Waals surface area contributed by atoms with Gasteiger partial charge in [0.05, 0.1) is 16.9 Å². The minimum Gasteiger partial charge on any atom is -0.323 e. The maximum atomic E-state index is 11.7. The second kappa shape index (κ2) is 6.30. The van der Waals surface area contributed by atoms with Gasteiger partial charge < -0.3 is 5.32 Å². The van der Waals surface area contributed by atoms with E-state index in [1.807, 2.05) is 0 Å². The van der Waals surface area contributed by atoms with Crippen molar-refractivity contribution in [1.82, 2.24) is 4.98 Å². The minimum atomic E-state index is -0.772. The zero-order valence-electron chi connectivity index (χ0n) is 8.89. The van der Waals surface area contributed by atoms with E-state index in [0.29, 0.717) is 12.1 Å². The fourth-order valence-corrected chi connectivity index (χ4v) is 1.51. The van der Waals surface area contributed by atoms with Gasteiger partial charge in [0.1, 0.15) is 11.2 Å². The average molecular weight is 274 g/mol. The highest BCUT2D eigenvalue weighted by Gasteiger charge is 2.15. The number of aromatic nitrogens is 1. The van der Waals surface area contributed by atoms with E-state index < -0.39 is 11.9 Å². The Balaban J connectivity index is 2.83. The molecule has 6 nitrogen and oxygen atoms in total. The molecule has 1 aromatic rings. The number of anilines is 1. The van der Waals surface area contributed by atoms with Gasteiger partial charge in [0.15, 0.2) is 0 Å². The Hall–Kier alpha value is -1.49. The van der Waals surface area contributed by atoms with Crippen LogP contribution in [0.3, 0.4) is 0 Å². The third-order valence-electron chi connectivity index (χ3n) is 1.96. The topological polar surface area (TPSA) is 90.8 Å². The van der Waals surface area contributed by atoms with E-state index in [9.17, 15) is 4.79 Å². The van der Waals surface area contributed by atoms with Crippen LogP contribution in [0, 0.1) is 0 Å². The minimum absolute atomic E-state index is 0.232.